The van der Waals surface area contributed by atoms with Crippen molar-refractivity contribution in [2.45, 2.75) is 46.1 Å². The molecule has 1 saturated heterocycles. The Kier molecular flexibility index (Phi) is 6.86. The number of amides is 4. The van der Waals surface area contributed by atoms with E-state index in [1.165, 1.54) is 0 Å². The molecule has 6 heteroatoms. The number of rotatable bonds is 8. The molecule has 1 heterocycles. The normalized spacial score (nSPS) is 18.5. The number of urea groups is 1. The number of unbranched alkanes of at least 4 members (excludes halogenated alkanes) is 3. The largest absolute Gasteiger partial charge is 0.331 e. The fourth-order valence-electron chi connectivity index (χ4n) is 2.78. The number of nitrogens with zero attached hydrogens (tertiary/aromatic N) is 2. The van der Waals surface area contributed by atoms with E-state index in [0.29, 0.717) is 12.3 Å². The molecule has 1 aliphatic heterocycles. The van der Waals surface area contributed by atoms with Crippen LogP contribution in [0.25, 0.3) is 0 Å². The van der Waals surface area contributed by atoms with Crippen LogP contribution in [0.4, 0.5) is 4.79 Å². The van der Waals surface area contributed by atoms with Gasteiger partial charge in [0.05, 0.1) is 6.54 Å². The smallest absolute Gasteiger partial charge is 0.293 e. The number of hydrogen-bond acceptors (Lipinski definition) is 4. The molecule has 1 fully saturated rings. The van der Waals surface area contributed by atoms with E-state index in [-0.39, 0.29) is 6.54 Å². The zero-order valence-corrected chi connectivity index (χ0v) is 14.8. The second-order valence-corrected chi connectivity index (χ2v) is 6.22. The lowest BCUT2D eigenvalue weighted by Crippen LogP contribution is -2.59. The van der Waals surface area contributed by atoms with Crippen molar-refractivity contribution in [2.75, 3.05) is 6.54 Å². The SMILES string of the molecule is CCCCCCN=C(C)C1C(=O)NC(=O)N(Cc2ccccc2)C1=O. The van der Waals surface area contributed by atoms with Crippen molar-refractivity contribution in [3.63, 3.8) is 0 Å². The van der Waals surface area contributed by atoms with Crippen molar-refractivity contribution in [3.8, 4) is 0 Å². The summed E-state index contributed by atoms with van der Waals surface area (Å²) >= 11 is 0. The molecule has 0 aliphatic carbocycles. The van der Waals surface area contributed by atoms with Crippen LogP contribution in [0, 0.1) is 5.92 Å². The van der Waals surface area contributed by atoms with Crippen molar-refractivity contribution in [2.24, 2.45) is 10.9 Å². The zero-order chi connectivity index (χ0) is 18.2. The lowest BCUT2D eigenvalue weighted by molar-refractivity contribution is -0.139. The number of barbiturate groups is 1. The Balaban J connectivity index is 2.07. The van der Waals surface area contributed by atoms with E-state index >= 15 is 0 Å². The molecule has 6 nitrogen and oxygen atoms in total. The number of hydrogen-bond donors (Lipinski definition) is 1. The van der Waals surface area contributed by atoms with Crippen LogP contribution in [0.2, 0.25) is 0 Å². The van der Waals surface area contributed by atoms with Crippen LogP contribution in [-0.2, 0) is 16.1 Å². The minimum atomic E-state index is -1.02. The van der Waals surface area contributed by atoms with Gasteiger partial charge in [-0.25, -0.2) is 4.79 Å². The van der Waals surface area contributed by atoms with Gasteiger partial charge in [-0.05, 0) is 18.9 Å². The molecule has 1 aromatic carbocycles. The number of carbonyl (C=O) groups excluding carboxylic acids is 3. The first-order chi connectivity index (χ1) is 12.0. The van der Waals surface area contributed by atoms with Gasteiger partial charge in [0.1, 0.15) is 0 Å². The molecule has 1 atom stereocenters. The number of imide groups is 2. The first kappa shape index (κ1) is 18.8. The van der Waals surface area contributed by atoms with Crippen LogP contribution in [-0.4, -0.2) is 35.0 Å². The second kappa shape index (κ2) is 9.11. The minimum Gasteiger partial charge on any atom is -0.293 e. The number of aliphatic imine (C=N–C) groups is 1. The molecule has 1 aromatic rings. The molecule has 1 unspecified atom stereocenters. The third-order valence-electron chi connectivity index (χ3n) is 4.22. The Labute approximate surface area is 148 Å². The van der Waals surface area contributed by atoms with E-state index in [9.17, 15) is 14.4 Å². The number of benzene rings is 1. The molecule has 0 bridgehead atoms. The molecule has 0 aromatic heterocycles. The van der Waals surface area contributed by atoms with Crippen molar-refractivity contribution in [1.29, 1.82) is 0 Å². The third-order valence-corrected chi connectivity index (χ3v) is 4.22. The average molecular weight is 343 g/mol. The summed E-state index contributed by atoms with van der Waals surface area (Å²) in [4.78, 5) is 42.3. The molecule has 1 aliphatic rings. The minimum absolute atomic E-state index is 0.138. The molecule has 0 spiro atoms. The highest BCUT2D eigenvalue weighted by Crippen LogP contribution is 2.16. The summed E-state index contributed by atoms with van der Waals surface area (Å²) < 4.78 is 0. The Morgan fingerprint density at radius 2 is 1.84 bits per heavy atom. The Hall–Kier alpha value is -2.50. The van der Waals surface area contributed by atoms with Gasteiger partial charge in [-0.15, -0.1) is 0 Å². The summed E-state index contributed by atoms with van der Waals surface area (Å²) in [6.07, 6.45) is 4.30. The van der Waals surface area contributed by atoms with Crippen LogP contribution in [0.3, 0.4) is 0 Å². The molecular weight excluding hydrogens is 318 g/mol. The van der Waals surface area contributed by atoms with E-state index in [2.05, 4.69) is 17.2 Å². The molecule has 134 valence electrons. The maximum Gasteiger partial charge on any atom is 0.331 e. The lowest BCUT2D eigenvalue weighted by Gasteiger charge is -2.30. The van der Waals surface area contributed by atoms with Gasteiger partial charge in [0.25, 0.3) is 0 Å². The molecule has 0 saturated carbocycles. The third kappa shape index (κ3) is 4.98. The topological polar surface area (TPSA) is 78.8 Å². The summed E-state index contributed by atoms with van der Waals surface area (Å²) in [6.45, 7) is 4.55. The fourth-order valence-corrected chi connectivity index (χ4v) is 2.78. The van der Waals surface area contributed by atoms with E-state index in [1.807, 2.05) is 30.3 Å². The molecule has 4 amide bonds. The summed E-state index contributed by atoms with van der Waals surface area (Å²) in [5.74, 6) is -2.12. The van der Waals surface area contributed by atoms with Crippen LogP contribution in [0.5, 0.6) is 0 Å². The van der Waals surface area contributed by atoms with Crippen molar-refractivity contribution in [1.82, 2.24) is 10.2 Å². The van der Waals surface area contributed by atoms with Crippen molar-refractivity contribution in [3.05, 3.63) is 35.9 Å². The first-order valence-corrected chi connectivity index (χ1v) is 8.75. The lowest BCUT2D eigenvalue weighted by atomic mass is 9.99. The average Bonchev–Trinajstić information content (AvgIpc) is 2.59. The molecule has 2 rings (SSSR count). The maximum absolute atomic E-state index is 12.7. The van der Waals surface area contributed by atoms with Crippen LogP contribution >= 0.6 is 0 Å². The van der Waals surface area contributed by atoms with Crippen LogP contribution < -0.4 is 5.32 Å². The van der Waals surface area contributed by atoms with E-state index in [1.54, 1.807) is 6.92 Å². The highest BCUT2D eigenvalue weighted by Gasteiger charge is 2.41. The van der Waals surface area contributed by atoms with Gasteiger partial charge in [0.2, 0.25) is 11.8 Å². The highest BCUT2D eigenvalue weighted by atomic mass is 16.2. The van der Waals surface area contributed by atoms with Gasteiger partial charge in [0.15, 0.2) is 5.92 Å². The Morgan fingerprint density at radius 1 is 1.12 bits per heavy atom. The number of nitrogens with one attached hydrogen (secondary N) is 1. The Bertz CT molecular complexity index is 655. The monoisotopic (exact) mass is 343 g/mol. The molecule has 0 radical (unpaired) electrons. The van der Waals surface area contributed by atoms with Crippen molar-refractivity contribution < 1.29 is 14.4 Å². The van der Waals surface area contributed by atoms with Crippen LogP contribution in [0.15, 0.2) is 35.3 Å². The van der Waals surface area contributed by atoms with Crippen LogP contribution in [0.1, 0.15) is 45.1 Å². The molecule has 25 heavy (non-hydrogen) atoms. The summed E-state index contributed by atoms with van der Waals surface area (Å²) in [7, 11) is 0. The predicted molar refractivity (Wildman–Crippen MR) is 96.1 cm³/mol. The molecular formula is C19H25N3O3. The molecule has 1 N–H and O–H groups in total. The van der Waals surface area contributed by atoms with E-state index < -0.39 is 23.8 Å². The quantitative estimate of drug-likeness (QED) is 0.448. The second-order valence-electron chi connectivity index (χ2n) is 6.22. The van der Waals surface area contributed by atoms with Gasteiger partial charge in [-0.1, -0.05) is 56.5 Å². The first-order valence-electron chi connectivity index (χ1n) is 8.75. The van der Waals surface area contributed by atoms with E-state index in [4.69, 9.17) is 0 Å². The van der Waals surface area contributed by atoms with Gasteiger partial charge in [-0.2, -0.15) is 0 Å². The highest BCUT2D eigenvalue weighted by molar-refractivity contribution is 6.27. The summed E-state index contributed by atoms with van der Waals surface area (Å²) in [5, 5.41) is 2.27. The van der Waals surface area contributed by atoms with Gasteiger partial charge >= 0.3 is 6.03 Å². The standard InChI is InChI=1S/C19H25N3O3/c1-3-4-5-9-12-20-14(2)16-17(23)21-19(25)22(18(16)24)13-15-10-7-6-8-11-15/h6-8,10-11,16H,3-5,9,12-13H2,1-2H3,(H,21,23,25). The zero-order valence-electron chi connectivity index (χ0n) is 14.8. The van der Waals surface area contributed by atoms with Gasteiger partial charge < -0.3 is 0 Å². The van der Waals surface area contributed by atoms with Gasteiger partial charge in [0, 0.05) is 12.3 Å². The maximum atomic E-state index is 12.7. The van der Waals surface area contributed by atoms with E-state index in [0.717, 1.165) is 36.1 Å². The predicted octanol–water partition coefficient (Wildman–Crippen LogP) is 2.92. The number of carbonyl (C=O) groups is 3. The van der Waals surface area contributed by atoms with Gasteiger partial charge in [-0.3, -0.25) is 24.8 Å². The Morgan fingerprint density at radius 3 is 2.52 bits per heavy atom. The summed E-state index contributed by atoms with van der Waals surface area (Å²) in [6, 6.07) is 8.54. The fraction of sp³-hybridized carbons (Fsp3) is 0.474. The summed E-state index contributed by atoms with van der Waals surface area (Å²) in [5.41, 5.74) is 1.29. The van der Waals surface area contributed by atoms with Crippen molar-refractivity contribution >= 4 is 23.6 Å².